The summed E-state index contributed by atoms with van der Waals surface area (Å²) >= 11 is 0. The molecule has 1 aliphatic rings. The molecule has 0 radical (unpaired) electrons. The van der Waals surface area contributed by atoms with E-state index in [0.717, 1.165) is 31.2 Å². The van der Waals surface area contributed by atoms with Gasteiger partial charge in [-0.15, -0.1) is 0 Å². The van der Waals surface area contributed by atoms with Gasteiger partial charge in [-0.1, -0.05) is 31.0 Å². The van der Waals surface area contributed by atoms with Gasteiger partial charge in [-0.3, -0.25) is 19.7 Å². The Kier molecular flexibility index (Phi) is 7.37. The summed E-state index contributed by atoms with van der Waals surface area (Å²) in [5.41, 5.74) is 0.771. The summed E-state index contributed by atoms with van der Waals surface area (Å²) in [6.07, 6.45) is 5.59. The Morgan fingerprint density at radius 2 is 1.74 bits per heavy atom. The van der Waals surface area contributed by atoms with E-state index >= 15 is 0 Å². The number of benzene rings is 2. The van der Waals surface area contributed by atoms with Gasteiger partial charge >= 0.3 is 0 Å². The molecular weight excluding hydrogens is 398 g/mol. The van der Waals surface area contributed by atoms with E-state index < -0.39 is 10.8 Å². The fourth-order valence-electron chi connectivity index (χ4n) is 3.42. The minimum Gasteiger partial charge on any atom is -0.497 e. The van der Waals surface area contributed by atoms with E-state index in [-0.39, 0.29) is 22.9 Å². The maximum Gasteiger partial charge on any atom is 0.270 e. The van der Waals surface area contributed by atoms with E-state index in [1.807, 2.05) is 0 Å². The molecule has 1 saturated heterocycles. The number of hydrogen-bond donors (Lipinski definition) is 1. The van der Waals surface area contributed by atoms with Crippen molar-refractivity contribution < 1.29 is 19.2 Å². The first-order valence-corrected chi connectivity index (χ1v) is 10.2. The fraction of sp³-hybridized carbons (Fsp3) is 0.304. The number of carbonyl (C=O) groups is 2. The van der Waals surface area contributed by atoms with Crippen molar-refractivity contribution in [3.8, 4) is 5.75 Å². The average molecular weight is 423 g/mol. The molecule has 1 fully saturated rings. The highest BCUT2D eigenvalue weighted by atomic mass is 16.6. The van der Waals surface area contributed by atoms with Gasteiger partial charge in [0.15, 0.2) is 0 Å². The average Bonchev–Trinajstić information content (AvgIpc) is 3.08. The molecule has 1 heterocycles. The van der Waals surface area contributed by atoms with Crippen LogP contribution in [0.1, 0.15) is 41.6 Å². The quantitative estimate of drug-likeness (QED) is 0.433. The molecule has 1 aliphatic heterocycles. The largest absolute Gasteiger partial charge is 0.497 e. The smallest absolute Gasteiger partial charge is 0.270 e. The number of ether oxygens (including phenoxy) is 1. The first-order chi connectivity index (χ1) is 15.0. The van der Waals surface area contributed by atoms with E-state index in [0.29, 0.717) is 18.8 Å². The first kappa shape index (κ1) is 22.0. The lowest BCUT2D eigenvalue weighted by Gasteiger charge is -2.22. The summed E-state index contributed by atoms with van der Waals surface area (Å²) in [7, 11) is 1.57. The summed E-state index contributed by atoms with van der Waals surface area (Å²) in [6, 6.07) is 12.5. The van der Waals surface area contributed by atoms with Crippen molar-refractivity contribution in [1.82, 2.24) is 10.2 Å². The standard InChI is InChI=1S/C23H25N3O5/c1-31-20-11-9-17(10-12-20)15-21(23(28)25-13-4-2-3-5-14-25)24-22(27)18-7-6-8-19(16-18)26(29)30/h6-12,15-16H,2-5,13-14H2,1H3,(H,24,27)/b21-15-. The molecule has 0 unspecified atom stereocenters. The molecule has 0 atom stereocenters. The van der Waals surface area contributed by atoms with Gasteiger partial charge in [-0.05, 0) is 42.7 Å². The highest BCUT2D eigenvalue weighted by Crippen LogP contribution is 2.18. The zero-order chi connectivity index (χ0) is 22.2. The van der Waals surface area contributed by atoms with Gasteiger partial charge in [0.2, 0.25) is 0 Å². The lowest BCUT2D eigenvalue weighted by molar-refractivity contribution is -0.384. The third kappa shape index (κ3) is 5.91. The van der Waals surface area contributed by atoms with Crippen LogP contribution in [0.3, 0.4) is 0 Å². The second kappa shape index (κ2) is 10.4. The number of non-ortho nitro benzene ring substituents is 1. The van der Waals surface area contributed by atoms with Gasteiger partial charge < -0.3 is 15.0 Å². The number of methoxy groups -OCH3 is 1. The predicted octanol–water partition coefficient (Wildman–Crippen LogP) is 3.78. The zero-order valence-corrected chi connectivity index (χ0v) is 17.4. The number of nitro groups is 1. The minimum absolute atomic E-state index is 0.110. The van der Waals surface area contributed by atoms with Gasteiger partial charge in [-0.2, -0.15) is 0 Å². The van der Waals surface area contributed by atoms with E-state index in [1.165, 1.54) is 24.3 Å². The van der Waals surface area contributed by atoms with Gasteiger partial charge in [0, 0.05) is 30.8 Å². The van der Waals surface area contributed by atoms with E-state index in [2.05, 4.69) is 5.32 Å². The van der Waals surface area contributed by atoms with Crippen LogP contribution in [-0.2, 0) is 4.79 Å². The Hall–Kier alpha value is -3.68. The van der Waals surface area contributed by atoms with Crippen molar-refractivity contribution in [3.63, 3.8) is 0 Å². The van der Waals surface area contributed by atoms with Gasteiger partial charge in [-0.25, -0.2) is 0 Å². The van der Waals surface area contributed by atoms with Crippen molar-refractivity contribution >= 4 is 23.6 Å². The van der Waals surface area contributed by atoms with Crippen molar-refractivity contribution in [3.05, 3.63) is 75.5 Å². The third-order valence-corrected chi connectivity index (χ3v) is 5.12. The number of likely N-dealkylation sites (tertiary alicyclic amines) is 1. The molecule has 0 aliphatic carbocycles. The highest BCUT2D eigenvalue weighted by Gasteiger charge is 2.22. The lowest BCUT2D eigenvalue weighted by Crippen LogP contribution is -2.39. The Morgan fingerprint density at radius 3 is 2.35 bits per heavy atom. The van der Waals surface area contributed by atoms with Crippen LogP contribution in [0.2, 0.25) is 0 Å². The molecule has 2 aromatic carbocycles. The number of hydrogen-bond acceptors (Lipinski definition) is 5. The summed E-state index contributed by atoms with van der Waals surface area (Å²) in [6.45, 7) is 1.26. The van der Waals surface area contributed by atoms with Crippen LogP contribution in [0.4, 0.5) is 5.69 Å². The van der Waals surface area contributed by atoms with Crippen molar-refractivity contribution in [1.29, 1.82) is 0 Å². The second-order valence-corrected chi connectivity index (χ2v) is 7.30. The van der Waals surface area contributed by atoms with Crippen molar-refractivity contribution in [2.24, 2.45) is 0 Å². The molecular formula is C23H25N3O5. The molecule has 2 amide bonds. The second-order valence-electron chi connectivity index (χ2n) is 7.30. The highest BCUT2D eigenvalue weighted by molar-refractivity contribution is 6.05. The molecule has 31 heavy (non-hydrogen) atoms. The molecule has 162 valence electrons. The molecule has 0 bridgehead atoms. The van der Waals surface area contributed by atoms with Crippen LogP contribution in [-0.4, -0.2) is 41.8 Å². The van der Waals surface area contributed by atoms with Crippen LogP contribution < -0.4 is 10.1 Å². The molecule has 3 rings (SSSR count). The Bertz CT molecular complexity index is 977. The Balaban J connectivity index is 1.89. The van der Waals surface area contributed by atoms with Crippen LogP contribution in [0, 0.1) is 10.1 Å². The van der Waals surface area contributed by atoms with Crippen LogP contribution in [0.25, 0.3) is 6.08 Å². The topological polar surface area (TPSA) is 102 Å². The molecule has 8 heteroatoms. The van der Waals surface area contributed by atoms with Crippen molar-refractivity contribution in [2.75, 3.05) is 20.2 Å². The molecule has 2 aromatic rings. The predicted molar refractivity (Wildman–Crippen MR) is 117 cm³/mol. The number of nitro benzene ring substituents is 1. The number of nitrogens with zero attached hydrogens (tertiary/aromatic N) is 2. The maximum atomic E-state index is 13.2. The fourth-order valence-corrected chi connectivity index (χ4v) is 3.42. The molecule has 8 nitrogen and oxygen atoms in total. The third-order valence-electron chi connectivity index (χ3n) is 5.12. The summed E-state index contributed by atoms with van der Waals surface area (Å²) in [5, 5.41) is 13.7. The lowest BCUT2D eigenvalue weighted by atomic mass is 10.1. The van der Waals surface area contributed by atoms with Gasteiger partial charge in [0.05, 0.1) is 12.0 Å². The number of carbonyl (C=O) groups excluding carboxylic acids is 2. The minimum atomic E-state index is -0.577. The number of rotatable bonds is 6. The van der Waals surface area contributed by atoms with Crippen LogP contribution in [0.5, 0.6) is 5.75 Å². The number of amides is 2. The Labute approximate surface area is 180 Å². The first-order valence-electron chi connectivity index (χ1n) is 10.2. The maximum absolute atomic E-state index is 13.2. The summed E-state index contributed by atoms with van der Waals surface area (Å²) in [5.74, 6) is -0.165. The summed E-state index contributed by atoms with van der Waals surface area (Å²) < 4.78 is 5.16. The Morgan fingerprint density at radius 1 is 1.06 bits per heavy atom. The van der Waals surface area contributed by atoms with E-state index in [9.17, 15) is 19.7 Å². The summed E-state index contributed by atoms with van der Waals surface area (Å²) in [4.78, 5) is 38.3. The number of nitrogens with one attached hydrogen (secondary N) is 1. The van der Waals surface area contributed by atoms with E-state index in [4.69, 9.17) is 4.74 Å². The van der Waals surface area contributed by atoms with Gasteiger partial charge in [0.1, 0.15) is 11.4 Å². The molecule has 0 saturated carbocycles. The molecule has 0 aromatic heterocycles. The monoisotopic (exact) mass is 423 g/mol. The molecule has 0 spiro atoms. The van der Waals surface area contributed by atoms with Crippen molar-refractivity contribution in [2.45, 2.75) is 25.7 Å². The molecule has 1 N–H and O–H groups in total. The van der Waals surface area contributed by atoms with Crippen LogP contribution in [0.15, 0.2) is 54.2 Å². The SMILES string of the molecule is COc1ccc(/C=C(\NC(=O)c2cccc([N+](=O)[O-])c2)C(=O)N2CCCCCC2)cc1. The van der Waals surface area contributed by atoms with E-state index in [1.54, 1.807) is 42.4 Å². The normalized spacial score (nSPS) is 14.5. The van der Waals surface area contributed by atoms with Gasteiger partial charge in [0.25, 0.3) is 17.5 Å². The zero-order valence-electron chi connectivity index (χ0n) is 17.4. The van der Waals surface area contributed by atoms with Crippen LogP contribution >= 0.6 is 0 Å².